The molecule has 0 saturated heterocycles. The topological polar surface area (TPSA) is 9.86 Å². The van der Waals surface area contributed by atoms with Crippen LogP contribution in [0.2, 0.25) is 0 Å². The number of fused-ring (bicyclic) bond motifs is 9. The first-order valence-corrected chi connectivity index (χ1v) is 20.6. The number of benzene rings is 8. The van der Waals surface area contributed by atoms with Crippen LogP contribution in [0, 0.1) is 0 Å². The van der Waals surface area contributed by atoms with E-state index in [0.717, 1.165) is 6.42 Å². The van der Waals surface area contributed by atoms with Crippen molar-refractivity contribution in [2.75, 3.05) is 0 Å². The molecule has 8 aromatic carbocycles. The Labute approximate surface area is 334 Å². The Bertz CT molecular complexity index is 3430. The summed E-state index contributed by atoms with van der Waals surface area (Å²) in [5, 5.41) is 7.80. The van der Waals surface area contributed by atoms with E-state index in [4.69, 9.17) is 0 Å². The second kappa shape index (κ2) is 12.8. The first-order valence-electron chi connectivity index (χ1n) is 19.8. The molecule has 57 heavy (non-hydrogen) atoms. The van der Waals surface area contributed by atoms with Gasteiger partial charge in [0.25, 0.3) is 0 Å². The van der Waals surface area contributed by atoms with Gasteiger partial charge in [0.1, 0.15) is 0 Å². The quantitative estimate of drug-likeness (QED) is 0.166. The summed E-state index contributed by atoms with van der Waals surface area (Å²) < 4.78 is 7.65. The summed E-state index contributed by atoms with van der Waals surface area (Å²) >= 11 is 1.92. The molecule has 1 aliphatic rings. The lowest BCUT2D eigenvalue weighted by Gasteiger charge is -2.21. The van der Waals surface area contributed by atoms with Crippen LogP contribution in [-0.4, -0.2) is 9.13 Å². The summed E-state index contributed by atoms with van der Waals surface area (Å²) in [6.07, 6.45) is 8.17. The van der Waals surface area contributed by atoms with Crippen molar-refractivity contribution < 1.29 is 0 Å². The Balaban J connectivity index is 0.925. The molecule has 3 aromatic heterocycles. The normalized spacial score (nSPS) is 14.5. The smallest absolute Gasteiger partial charge is 0.0560 e. The highest BCUT2D eigenvalue weighted by atomic mass is 32.1. The van der Waals surface area contributed by atoms with Crippen molar-refractivity contribution >= 4 is 80.7 Å². The molecule has 268 valence electrons. The van der Waals surface area contributed by atoms with Gasteiger partial charge in [-0.1, -0.05) is 152 Å². The van der Waals surface area contributed by atoms with Gasteiger partial charge in [0, 0.05) is 58.4 Å². The van der Waals surface area contributed by atoms with Crippen molar-refractivity contribution in [2.45, 2.75) is 12.5 Å². The number of hydrogen-bond acceptors (Lipinski definition) is 1. The van der Waals surface area contributed by atoms with E-state index in [1.54, 1.807) is 0 Å². The van der Waals surface area contributed by atoms with E-state index in [1.807, 2.05) is 11.3 Å². The molecule has 1 aliphatic carbocycles. The summed E-state index contributed by atoms with van der Waals surface area (Å²) in [5.74, 6) is 0. The van der Waals surface area contributed by atoms with Gasteiger partial charge in [-0.2, -0.15) is 0 Å². The largest absolute Gasteiger partial charge is 0.333 e. The van der Waals surface area contributed by atoms with E-state index < -0.39 is 0 Å². The Morgan fingerprint density at radius 1 is 0.421 bits per heavy atom. The molecule has 12 rings (SSSR count). The highest BCUT2D eigenvalue weighted by molar-refractivity contribution is 7.26. The maximum absolute atomic E-state index is 2.56. The highest BCUT2D eigenvalue weighted by Crippen LogP contribution is 2.45. The molecular weight excluding hydrogens is 709 g/mol. The van der Waals surface area contributed by atoms with Gasteiger partial charge in [0.05, 0.1) is 17.1 Å². The van der Waals surface area contributed by atoms with Crippen LogP contribution in [0.15, 0.2) is 200 Å². The third kappa shape index (κ3) is 5.02. The van der Waals surface area contributed by atoms with Gasteiger partial charge in [0.15, 0.2) is 0 Å². The average Bonchev–Trinajstić information content (AvgIpc) is 3.94. The van der Waals surface area contributed by atoms with E-state index in [2.05, 4.69) is 209 Å². The summed E-state index contributed by atoms with van der Waals surface area (Å²) in [6, 6.07) is 67.0. The molecule has 0 N–H and O–H groups in total. The maximum Gasteiger partial charge on any atom is 0.0560 e. The molecule has 0 spiro atoms. The lowest BCUT2D eigenvalue weighted by molar-refractivity contribution is 0.649. The van der Waals surface area contributed by atoms with Crippen molar-refractivity contribution in [1.82, 2.24) is 9.13 Å². The second-order valence-electron chi connectivity index (χ2n) is 15.2. The van der Waals surface area contributed by atoms with Crippen molar-refractivity contribution in [3.8, 4) is 27.9 Å². The van der Waals surface area contributed by atoms with Crippen LogP contribution in [0.5, 0.6) is 0 Å². The van der Waals surface area contributed by atoms with Crippen LogP contribution in [-0.2, 0) is 0 Å². The monoisotopic (exact) mass is 744 g/mol. The maximum atomic E-state index is 2.56. The molecule has 3 heterocycles. The molecule has 1 atom stereocenters. The number of nitrogens with zero attached hydrogens (tertiary/aromatic N) is 2. The first kappa shape index (κ1) is 32.3. The molecule has 0 amide bonds. The lowest BCUT2D eigenvalue weighted by atomic mass is 9.95. The van der Waals surface area contributed by atoms with Crippen molar-refractivity contribution in [3.63, 3.8) is 0 Å². The van der Waals surface area contributed by atoms with E-state index >= 15 is 0 Å². The Morgan fingerprint density at radius 3 is 1.68 bits per heavy atom. The molecule has 0 fully saturated rings. The van der Waals surface area contributed by atoms with Gasteiger partial charge in [0.2, 0.25) is 0 Å². The van der Waals surface area contributed by atoms with Crippen LogP contribution >= 0.6 is 11.3 Å². The minimum Gasteiger partial charge on any atom is -0.333 e. The molecule has 0 saturated carbocycles. The zero-order chi connectivity index (χ0) is 37.5. The van der Waals surface area contributed by atoms with Gasteiger partial charge < -0.3 is 9.13 Å². The third-order valence-electron chi connectivity index (χ3n) is 12.1. The van der Waals surface area contributed by atoms with Crippen LogP contribution in [0.3, 0.4) is 0 Å². The zero-order valence-electron chi connectivity index (χ0n) is 31.1. The van der Waals surface area contributed by atoms with Crippen molar-refractivity contribution in [1.29, 1.82) is 0 Å². The predicted molar refractivity (Wildman–Crippen MR) is 245 cm³/mol. The third-order valence-corrected chi connectivity index (χ3v) is 13.3. The fourth-order valence-electron chi connectivity index (χ4n) is 9.44. The van der Waals surface area contributed by atoms with Gasteiger partial charge in [-0.05, 0) is 88.3 Å². The van der Waals surface area contributed by atoms with Crippen molar-refractivity contribution in [2.24, 2.45) is 0 Å². The number of thiophene rings is 1. The van der Waals surface area contributed by atoms with E-state index in [0.29, 0.717) is 0 Å². The van der Waals surface area contributed by atoms with E-state index in [-0.39, 0.29) is 6.04 Å². The number of hydrogen-bond donors (Lipinski definition) is 0. The zero-order valence-corrected chi connectivity index (χ0v) is 32.0. The lowest BCUT2D eigenvalue weighted by Crippen LogP contribution is -2.08. The molecule has 0 bridgehead atoms. The Hall–Kier alpha value is -6.94. The van der Waals surface area contributed by atoms with Crippen LogP contribution in [0.25, 0.3) is 97.3 Å². The standard InChI is InChI=1S/C54H36N2S/c1-3-13-35(14-4-1)41-19-11-21-45-46-22-12-20-42(54(46)57-53(41)45)36-25-29-40(30-26-36)56-50-24-10-8-18-44(50)48-34-38(28-32-52(48)56)37-27-31-51-47(33-37)43-17-7-9-23-49(43)55(51)39-15-5-2-6-16-39/h1-29,31-34,40H,30H2. The van der Waals surface area contributed by atoms with Crippen LogP contribution < -0.4 is 0 Å². The minimum absolute atomic E-state index is 0.216. The summed E-state index contributed by atoms with van der Waals surface area (Å²) in [5.41, 5.74) is 13.8. The van der Waals surface area contributed by atoms with Crippen LogP contribution in [0.1, 0.15) is 18.0 Å². The second-order valence-corrected chi connectivity index (χ2v) is 16.2. The SMILES string of the molecule is C1=CC(n2c3ccccc3c3cc(-c4ccc5c(c4)c4ccccc4n5-c4ccccc4)ccc32)CC=C1c1cccc2c1sc1c(-c3ccccc3)cccc12. The van der Waals surface area contributed by atoms with Gasteiger partial charge in [-0.3, -0.25) is 0 Å². The van der Waals surface area contributed by atoms with E-state index in [9.17, 15) is 0 Å². The average molecular weight is 745 g/mol. The first-order chi connectivity index (χ1) is 28.3. The molecule has 1 unspecified atom stereocenters. The molecule has 11 aromatic rings. The number of rotatable bonds is 5. The highest BCUT2D eigenvalue weighted by Gasteiger charge is 2.21. The molecular formula is C54H36N2S. The summed E-state index contributed by atoms with van der Waals surface area (Å²) in [4.78, 5) is 0. The molecule has 3 heteroatoms. The summed E-state index contributed by atoms with van der Waals surface area (Å²) in [6.45, 7) is 0. The fourth-order valence-corrected chi connectivity index (χ4v) is 10.8. The van der Waals surface area contributed by atoms with Crippen LogP contribution in [0.4, 0.5) is 0 Å². The number of allylic oxidation sites excluding steroid dienone is 4. The van der Waals surface area contributed by atoms with Gasteiger partial charge in [-0.15, -0.1) is 11.3 Å². The summed E-state index contributed by atoms with van der Waals surface area (Å²) in [7, 11) is 0. The number of para-hydroxylation sites is 3. The molecule has 0 radical (unpaired) electrons. The van der Waals surface area contributed by atoms with Gasteiger partial charge in [-0.25, -0.2) is 0 Å². The predicted octanol–water partition coefficient (Wildman–Crippen LogP) is 15.2. The minimum atomic E-state index is 0.216. The molecule has 0 aliphatic heterocycles. The Morgan fingerprint density at radius 2 is 0.965 bits per heavy atom. The fraction of sp³-hybridized carbons (Fsp3) is 0.0370. The van der Waals surface area contributed by atoms with Crippen molar-refractivity contribution in [3.05, 3.63) is 206 Å². The number of aromatic nitrogens is 2. The van der Waals surface area contributed by atoms with E-state index in [1.165, 1.54) is 103 Å². The molecule has 2 nitrogen and oxygen atoms in total. The van der Waals surface area contributed by atoms with Gasteiger partial charge >= 0.3 is 0 Å². The Kier molecular flexibility index (Phi) is 7.26.